The molecule has 4 N–H and O–H groups in total. The van der Waals surface area contributed by atoms with Crippen molar-refractivity contribution < 1.29 is 14.0 Å². The third-order valence-electron chi connectivity index (χ3n) is 5.59. The van der Waals surface area contributed by atoms with Crippen molar-refractivity contribution in [3.63, 3.8) is 0 Å². The monoisotopic (exact) mass is 460 g/mol. The van der Waals surface area contributed by atoms with Crippen molar-refractivity contribution in [2.45, 2.75) is 19.5 Å². The molecule has 0 spiro atoms. The maximum absolute atomic E-state index is 6.31. The molecule has 2 aromatic rings. The van der Waals surface area contributed by atoms with E-state index in [0.29, 0.717) is 28.7 Å². The second-order valence-corrected chi connectivity index (χ2v) is 9.01. The first-order chi connectivity index (χ1) is 15.0. The number of piperazine rings is 1. The first kappa shape index (κ1) is 21.8. The van der Waals surface area contributed by atoms with Crippen LogP contribution in [0.4, 0.5) is 0 Å². The molecule has 7 nitrogen and oxygen atoms in total. The number of aliphatic imine (C=N–C) groups is 1. The van der Waals surface area contributed by atoms with E-state index in [2.05, 4.69) is 33.5 Å². The summed E-state index contributed by atoms with van der Waals surface area (Å²) < 4.78 is 13.1. The van der Waals surface area contributed by atoms with Crippen LogP contribution in [0.3, 0.4) is 0 Å². The number of thioether (sulfide) groups is 1. The summed E-state index contributed by atoms with van der Waals surface area (Å²) in [5, 5.41) is 1.86. The van der Waals surface area contributed by atoms with Gasteiger partial charge in [0.2, 0.25) is 6.79 Å². The van der Waals surface area contributed by atoms with Crippen LogP contribution in [-0.2, 0) is 6.54 Å². The van der Waals surface area contributed by atoms with E-state index in [0.717, 1.165) is 43.2 Å². The topological polar surface area (TPSA) is 89.1 Å². The summed E-state index contributed by atoms with van der Waals surface area (Å²) in [6.07, 6.45) is 0. The summed E-state index contributed by atoms with van der Waals surface area (Å²) in [6, 6.07) is 14.0. The number of rotatable bonds is 4. The molecular weight excluding hydrogens is 434 g/mol. The van der Waals surface area contributed by atoms with E-state index in [9.17, 15) is 0 Å². The zero-order valence-electron chi connectivity index (χ0n) is 17.5. The Balaban J connectivity index is 1.31. The van der Waals surface area contributed by atoms with Gasteiger partial charge >= 0.3 is 5.17 Å². The van der Waals surface area contributed by atoms with Crippen LogP contribution in [0.5, 0.6) is 11.5 Å². The van der Waals surface area contributed by atoms with Crippen molar-refractivity contribution in [2.24, 2.45) is 16.5 Å². The van der Waals surface area contributed by atoms with Crippen molar-refractivity contribution in [1.29, 1.82) is 0 Å². The molecule has 1 unspecified atom stereocenters. The van der Waals surface area contributed by atoms with Crippen LogP contribution in [0.2, 0.25) is 5.02 Å². The fourth-order valence-corrected chi connectivity index (χ4v) is 4.46. The summed E-state index contributed by atoms with van der Waals surface area (Å²) in [5.74, 6) is 1.64. The van der Waals surface area contributed by atoms with Crippen LogP contribution >= 0.6 is 23.4 Å². The van der Waals surface area contributed by atoms with E-state index in [1.165, 1.54) is 17.3 Å². The van der Waals surface area contributed by atoms with Gasteiger partial charge in [0.25, 0.3) is 0 Å². The van der Waals surface area contributed by atoms with Gasteiger partial charge in [0.1, 0.15) is 0 Å². The maximum atomic E-state index is 6.31. The van der Waals surface area contributed by atoms with E-state index in [1.807, 2.05) is 30.3 Å². The third-order valence-corrected chi connectivity index (χ3v) is 6.65. The van der Waals surface area contributed by atoms with Crippen LogP contribution in [0, 0.1) is 0 Å². The minimum atomic E-state index is 0.288. The largest absolute Gasteiger partial charge is 0.454 e. The van der Waals surface area contributed by atoms with Gasteiger partial charge in [-0.1, -0.05) is 29.8 Å². The van der Waals surface area contributed by atoms with Gasteiger partial charge in [-0.15, -0.1) is 0 Å². The Morgan fingerprint density at radius 1 is 1.13 bits per heavy atom. The predicted octanol–water partition coefficient (Wildman–Crippen LogP) is 3.02. The van der Waals surface area contributed by atoms with Gasteiger partial charge in [0, 0.05) is 35.9 Å². The average Bonchev–Trinajstić information content (AvgIpc) is 3.26. The number of benzene rings is 2. The lowest BCUT2D eigenvalue weighted by atomic mass is 10.1. The molecule has 2 aliphatic heterocycles. The number of halogens is 1. The highest BCUT2D eigenvalue weighted by molar-refractivity contribution is 8.26. The first-order valence-corrected chi connectivity index (χ1v) is 11.4. The van der Waals surface area contributed by atoms with Crippen LogP contribution in [0.1, 0.15) is 24.1 Å². The Kier molecular flexibility index (Phi) is 6.89. The van der Waals surface area contributed by atoms with Crippen LogP contribution in [0.15, 0.2) is 47.5 Å². The van der Waals surface area contributed by atoms with E-state index >= 15 is 0 Å². The molecule has 0 radical (unpaired) electrons. The van der Waals surface area contributed by atoms with E-state index in [-0.39, 0.29) is 6.04 Å². The number of ether oxygens (including phenoxy) is 2. The minimum absolute atomic E-state index is 0.288. The Labute approximate surface area is 191 Å². The summed E-state index contributed by atoms with van der Waals surface area (Å²) in [7, 11) is 0. The quantitative estimate of drug-likeness (QED) is 0.414. The fraction of sp³-hybridized carbons (Fsp3) is 0.364. The van der Waals surface area contributed by atoms with Gasteiger partial charge in [-0.25, -0.2) is 0 Å². The van der Waals surface area contributed by atoms with E-state index in [1.54, 1.807) is 0 Å². The summed E-state index contributed by atoms with van der Waals surface area (Å²) in [4.78, 5) is 6.87. The Bertz CT molecular complexity index is 986. The lowest BCUT2D eigenvalue weighted by Crippen LogP contribution is -2.46. The molecule has 31 heavy (non-hydrogen) atoms. The number of hydrogen-bond acceptors (Lipinski definition) is 5. The van der Waals surface area contributed by atoms with E-state index < -0.39 is 0 Å². The Morgan fingerprint density at radius 3 is 2.58 bits per heavy atom. The Hall–Kier alpha value is -2.42. The molecule has 4 rings (SSSR count). The van der Waals surface area contributed by atoms with E-state index in [4.69, 9.17) is 32.5 Å². The zero-order chi connectivity index (χ0) is 21.8. The van der Waals surface area contributed by atoms with Crippen molar-refractivity contribution in [1.82, 2.24) is 4.90 Å². The van der Waals surface area contributed by atoms with Gasteiger partial charge < -0.3 is 15.2 Å². The van der Waals surface area contributed by atoms with Gasteiger partial charge in [-0.05, 0) is 42.3 Å². The van der Waals surface area contributed by atoms with Crippen LogP contribution in [0.25, 0.3) is 0 Å². The van der Waals surface area contributed by atoms with Gasteiger partial charge in [0.05, 0.1) is 19.6 Å². The molecule has 0 bridgehead atoms. The highest BCUT2D eigenvalue weighted by Gasteiger charge is 2.25. The fourth-order valence-electron chi connectivity index (χ4n) is 3.68. The molecule has 9 heteroatoms. The van der Waals surface area contributed by atoms with Crippen molar-refractivity contribution in [3.8, 4) is 11.5 Å². The average molecular weight is 461 g/mol. The van der Waals surface area contributed by atoms with Crippen LogP contribution in [-0.4, -0.2) is 52.8 Å². The summed E-state index contributed by atoms with van der Waals surface area (Å²) >= 11 is 7.23. The third kappa shape index (κ3) is 5.44. The number of nitrogens with zero attached hydrogens (tertiary/aromatic N) is 3. The smallest absolute Gasteiger partial charge is 0.311 e. The maximum Gasteiger partial charge on any atom is 0.311 e. The molecule has 1 saturated heterocycles. The number of fused-ring (bicyclic) bond motifs is 1. The van der Waals surface area contributed by atoms with Gasteiger partial charge in [-0.2, -0.15) is 0 Å². The number of nitrogens with two attached hydrogens (primary N) is 2. The zero-order valence-corrected chi connectivity index (χ0v) is 19.0. The summed E-state index contributed by atoms with van der Waals surface area (Å²) in [5.41, 5.74) is 14.7. The van der Waals surface area contributed by atoms with Gasteiger partial charge in [-0.3, -0.25) is 20.2 Å². The molecule has 1 fully saturated rings. The highest BCUT2D eigenvalue weighted by Crippen LogP contribution is 2.35. The second-order valence-electron chi connectivity index (χ2n) is 7.53. The minimum Gasteiger partial charge on any atom is -0.454 e. The standard InChI is InChI=1S/C22H26ClN5O2S/c1-15(17-4-7-19-20(12-17)30-14-29-19)27-8-10-28(11-9-27)22(25)31-21(24)26-13-16-2-5-18(23)6-3-16/h2-7,12,15,25H,8-11,13-14H2,1H3,(H2,24,26)/p+1. The molecule has 2 aliphatic rings. The lowest BCUT2D eigenvalue weighted by molar-refractivity contribution is -0.538. The summed E-state index contributed by atoms with van der Waals surface area (Å²) in [6.45, 7) is 6.54. The number of amidine groups is 2. The molecule has 2 heterocycles. The number of hydrogen-bond donors (Lipinski definition) is 2. The highest BCUT2D eigenvalue weighted by atomic mass is 35.5. The molecule has 0 amide bonds. The molecular formula is C22H27ClN5O2S+. The molecule has 2 aromatic carbocycles. The SMILES string of the molecule is CC(c1ccc2c(c1)OCO2)N1CC[N+](=C(N)SC(N)=NCc2ccc(Cl)cc2)CC1. The first-order valence-electron chi connectivity index (χ1n) is 10.2. The molecule has 0 saturated carbocycles. The lowest BCUT2D eigenvalue weighted by Gasteiger charge is -2.33. The van der Waals surface area contributed by atoms with Crippen molar-refractivity contribution >= 4 is 33.7 Å². The van der Waals surface area contributed by atoms with Crippen molar-refractivity contribution in [3.05, 3.63) is 58.6 Å². The Morgan fingerprint density at radius 2 is 1.84 bits per heavy atom. The molecule has 164 valence electrons. The normalized spacial score (nSPS) is 17.6. The van der Waals surface area contributed by atoms with Crippen LogP contribution < -0.4 is 20.9 Å². The molecule has 1 atom stereocenters. The van der Waals surface area contributed by atoms with Gasteiger partial charge in [0.15, 0.2) is 16.7 Å². The van der Waals surface area contributed by atoms with Crippen molar-refractivity contribution in [2.75, 3.05) is 33.0 Å². The molecule has 0 aliphatic carbocycles. The second kappa shape index (κ2) is 9.80. The predicted molar refractivity (Wildman–Crippen MR) is 126 cm³/mol. The molecule has 0 aromatic heterocycles.